The Bertz CT molecular complexity index is 3000. The van der Waals surface area contributed by atoms with E-state index in [1.807, 2.05) is 24.3 Å². The predicted octanol–water partition coefficient (Wildman–Crippen LogP) is 14.5. The Balaban J connectivity index is 1.11. The van der Waals surface area contributed by atoms with Crippen LogP contribution in [0.25, 0.3) is 89.8 Å². The maximum absolute atomic E-state index is 5.26. The van der Waals surface area contributed by atoms with E-state index in [0.717, 1.165) is 44.5 Å². The summed E-state index contributed by atoms with van der Waals surface area (Å²) in [5, 5.41) is 0. The average molecular weight is 770 g/mol. The molecule has 2 aliphatic rings. The van der Waals surface area contributed by atoms with Crippen LogP contribution in [0.2, 0.25) is 0 Å². The summed E-state index contributed by atoms with van der Waals surface area (Å²) < 4.78 is 0. The third-order valence-corrected chi connectivity index (χ3v) is 12.9. The minimum Gasteiger partial charge on any atom is -0.208 e. The summed E-state index contributed by atoms with van der Waals surface area (Å²) in [6.07, 6.45) is 0. The van der Waals surface area contributed by atoms with E-state index in [4.69, 9.17) is 15.0 Å². The molecule has 9 aromatic rings. The largest absolute Gasteiger partial charge is 0.208 e. The Labute approximate surface area is 352 Å². The zero-order valence-electron chi connectivity index (χ0n) is 34.2. The summed E-state index contributed by atoms with van der Waals surface area (Å²) in [7, 11) is 0. The molecule has 1 heterocycles. The predicted molar refractivity (Wildman–Crippen MR) is 248 cm³/mol. The molecule has 0 aliphatic heterocycles. The topological polar surface area (TPSA) is 38.7 Å². The lowest BCUT2D eigenvalue weighted by Crippen LogP contribution is -2.14. The van der Waals surface area contributed by atoms with Crippen molar-refractivity contribution in [2.75, 3.05) is 0 Å². The van der Waals surface area contributed by atoms with Crippen molar-refractivity contribution in [2.24, 2.45) is 0 Å². The van der Waals surface area contributed by atoms with Crippen molar-refractivity contribution >= 4 is 0 Å². The van der Waals surface area contributed by atoms with Crippen molar-refractivity contribution in [3.05, 3.63) is 210 Å². The standard InChI is InChI=1S/C57H43N3/c1-56(2)49-21-13-11-19-45(49)47-34-40(27-29-51(47)56)42-31-43(41-28-30-52-48(35-41)46-20-12-14-22-50(46)57(52,3)4)33-44(32-42)55-59-53(38-17-9-6-10-18-38)58-54(60-55)39-25-23-37(24-26-39)36-15-7-5-8-16-36/h5-35H,1-4H3. The molecule has 0 atom stereocenters. The first-order chi connectivity index (χ1) is 29.2. The second-order valence-electron chi connectivity index (χ2n) is 17.3. The fourth-order valence-electron chi connectivity index (χ4n) is 9.68. The molecule has 11 rings (SSSR count). The normalized spacial score (nSPS) is 13.9. The second kappa shape index (κ2) is 13.7. The lowest BCUT2D eigenvalue weighted by molar-refractivity contribution is 0.660. The van der Waals surface area contributed by atoms with Gasteiger partial charge in [0.05, 0.1) is 0 Å². The molecule has 0 fully saturated rings. The molecule has 0 N–H and O–H groups in total. The van der Waals surface area contributed by atoms with E-state index in [1.54, 1.807) is 0 Å². The van der Waals surface area contributed by atoms with E-state index in [0.29, 0.717) is 17.5 Å². The minimum atomic E-state index is -0.0691. The van der Waals surface area contributed by atoms with E-state index in [2.05, 4.69) is 191 Å². The highest BCUT2D eigenvalue weighted by atomic mass is 15.0. The monoisotopic (exact) mass is 769 g/mol. The number of nitrogens with zero attached hydrogens (tertiary/aromatic N) is 3. The molecule has 0 amide bonds. The van der Waals surface area contributed by atoms with Gasteiger partial charge in [-0.1, -0.05) is 185 Å². The highest BCUT2D eigenvalue weighted by Gasteiger charge is 2.36. The van der Waals surface area contributed by atoms with Crippen LogP contribution in [0.4, 0.5) is 0 Å². The summed E-state index contributed by atoms with van der Waals surface area (Å²) in [5.74, 6) is 1.91. The molecule has 1 aromatic heterocycles. The molecule has 3 nitrogen and oxygen atoms in total. The van der Waals surface area contributed by atoms with Crippen molar-refractivity contribution in [1.29, 1.82) is 0 Å². The van der Waals surface area contributed by atoms with E-state index >= 15 is 0 Å². The molecule has 60 heavy (non-hydrogen) atoms. The van der Waals surface area contributed by atoms with Crippen molar-refractivity contribution in [1.82, 2.24) is 15.0 Å². The van der Waals surface area contributed by atoms with Crippen LogP contribution in [-0.2, 0) is 10.8 Å². The zero-order chi connectivity index (χ0) is 40.6. The van der Waals surface area contributed by atoms with Gasteiger partial charge in [-0.15, -0.1) is 0 Å². The van der Waals surface area contributed by atoms with Gasteiger partial charge in [-0.25, -0.2) is 15.0 Å². The van der Waals surface area contributed by atoms with E-state index in [1.165, 1.54) is 50.1 Å². The van der Waals surface area contributed by atoms with Crippen LogP contribution < -0.4 is 0 Å². The summed E-state index contributed by atoms with van der Waals surface area (Å²) in [4.78, 5) is 15.6. The Morgan fingerprint density at radius 3 is 1.08 bits per heavy atom. The van der Waals surface area contributed by atoms with Crippen molar-refractivity contribution < 1.29 is 0 Å². The fourth-order valence-corrected chi connectivity index (χ4v) is 9.68. The van der Waals surface area contributed by atoms with Gasteiger partial charge in [0.1, 0.15) is 0 Å². The van der Waals surface area contributed by atoms with Crippen LogP contribution >= 0.6 is 0 Å². The van der Waals surface area contributed by atoms with Crippen LogP contribution in [0.5, 0.6) is 0 Å². The van der Waals surface area contributed by atoms with Gasteiger partial charge in [-0.05, 0) is 108 Å². The highest BCUT2D eigenvalue weighted by molar-refractivity contribution is 5.89. The Kier molecular flexibility index (Phi) is 8.18. The van der Waals surface area contributed by atoms with Crippen molar-refractivity contribution in [2.45, 2.75) is 38.5 Å². The molecular formula is C57H43N3. The SMILES string of the molecule is CC1(C)c2ccccc2-c2cc(-c3cc(-c4ccc5c(c4)-c4ccccc4C5(C)C)cc(-c4nc(-c5ccccc5)nc(-c5ccc(-c6ccccc6)cc5)n4)c3)ccc21. The quantitative estimate of drug-likeness (QED) is 0.169. The van der Waals surface area contributed by atoms with Gasteiger partial charge in [-0.3, -0.25) is 0 Å². The molecule has 0 saturated carbocycles. The number of aromatic nitrogens is 3. The van der Waals surface area contributed by atoms with Gasteiger partial charge in [-0.2, -0.15) is 0 Å². The summed E-state index contributed by atoms with van der Waals surface area (Å²) in [6, 6.07) is 67.8. The maximum atomic E-state index is 5.26. The molecule has 0 saturated heterocycles. The van der Waals surface area contributed by atoms with Gasteiger partial charge in [0.15, 0.2) is 17.5 Å². The number of fused-ring (bicyclic) bond motifs is 6. The van der Waals surface area contributed by atoms with Gasteiger partial charge >= 0.3 is 0 Å². The number of rotatable bonds is 6. The minimum absolute atomic E-state index is 0.0691. The van der Waals surface area contributed by atoms with Crippen LogP contribution in [0.15, 0.2) is 188 Å². The van der Waals surface area contributed by atoms with Crippen molar-refractivity contribution in [3.8, 4) is 89.8 Å². The number of hydrogen-bond acceptors (Lipinski definition) is 3. The summed E-state index contributed by atoms with van der Waals surface area (Å²) in [6.45, 7) is 9.34. The molecule has 0 spiro atoms. The Morgan fingerprint density at radius 2 is 0.583 bits per heavy atom. The summed E-state index contributed by atoms with van der Waals surface area (Å²) in [5.41, 5.74) is 20.2. The second-order valence-corrected chi connectivity index (χ2v) is 17.3. The van der Waals surface area contributed by atoms with Crippen LogP contribution in [0.3, 0.4) is 0 Å². The first kappa shape index (κ1) is 35.9. The molecule has 2 aliphatic carbocycles. The molecule has 3 heteroatoms. The molecule has 286 valence electrons. The van der Waals surface area contributed by atoms with E-state index in [9.17, 15) is 0 Å². The molecule has 8 aromatic carbocycles. The average Bonchev–Trinajstić information content (AvgIpc) is 3.68. The summed E-state index contributed by atoms with van der Waals surface area (Å²) >= 11 is 0. The van der Waals surface area contributed by atoms with E-state index in [-0.39, 0.29) is 10.8 Å². The lowest BCUT2D eigenvalue weighted by Gasteiger charge is -2.21. The molecule has 0 unspecified atom stereocenters. The smallest absolute Gasteiger partial charge is 0.164 e. The third-order valence-electron chi connectivity index (χ3n) is 12.9. The first-order valence-corrected chi connectivity index (χ1v) is 20.8. The van der Waals surface area contributed by atoms with Crippen molar-refractivity contribution in [3.63, 3.8) is 0 Å². The molecule has 0 radical (unpaired) electrons. The fraction of sp³-hybridized carbons (Fsp3) is 0.105. The highest BCUT2D eigenvalue weighted by Crippen LogP contribution is 2.51. The van der Waals surface area contributed by atoms with Crippen LogP contribution in [0.1, 0.15) is 49.9 Å². The maximum Gasteiger partial charge on any atom is 0.164 e. The van der Waals surface area contributed by atoms with Crippen LogP contribution in [-0.4, -0.2) is 15.0 Å². The Morgan fingerprint density at radius 1 is 0.250 bits per heavy atom. The zero-order valence-corrected chi connectivity index (χ0v) is 34.2. The number of hydrogen-bond donors (Lipinski definition) is 0. The van der Waals surface area contributed by atoms with Gasteiger partial charge in [0.25, 0.3) is 0 Å². The molecule has 0 bridgehead atoms. The van der Waals surface area contributed by atoms with Gasteiger partial charge < -0.3 is 0 Å². The number of benzene rings is 8. The lowest BCUT2D eigenvalue weighted by atomic mass is 9.82. The van der Waals surface area contributed by atoms with E-state index < -0.39 is 0 Å². The molecular weight excluding hydrogens is 727 g/mol. The van der Waals surface area contributed by atoms with Crippen LogP contribution in [0, 0.1) is 0 Å². The van der Waals surface area contributed by atoms with Gasteiger partial charge in [0.2, 0.25) is 0 Å². The van der Waals surface area contributed by atoms with Gasteiger partial charge in [0, 0.05) is 27.5 Å². The third kappa shape index (κ3) is 5.84. The first-order valence-electron chi connectivity index (χ1n) is 20.8. The Hall–Kier alpha value is -7.23.